The normalized spacial score (nSPS) is 15.9. The van der Waals surface area contributed by atoms with Gasteiger partial charge in [0.25, 0.3) is 0 Å². The van der Waals surface area contributed by atoms with Gasteiger partial charge in [-0.3, -0.25) is 19.3 Å². The minimum atomic E-state index is -0.118. The Labute approximate surface area is 197 Å². The molecule has 0 radical (unpaired) electrons. The lowest BCUT2D eigenvalue weighted by Gasteiger charge is -2.34. The van der Waals surface area contributed by atoms with Crippen molar-refractivity contribution in [3.05, 3.63) is 35.8 Å². The van der Waals surface area contributed by atoms with E-state index in [2.05, 4.69) is 21.0 Å². The van der Waals surface area contributed by atoms with Crippen LogP contribution in [0.5, 0.6) is 0 Å². The molecule has 1 N–H and O–H groups in total. The highest BCUT2D eigenvalue weighted by atomic mass is 32.1. The van der Waals surface area contributed by atoms with E-state index in [9.17, 15) is 9.59 Å². The van der Waals surface area contributed by atoms with Crippen molar-refractivity contribution in [1.82, 2.24) is 24.6 Å². The van der Waals surface area contributed by atoms with E-state index in [1.54, 1.807) is 6.20 Å². The molecule has 0 spiro atoms. The lowest BCUT2D eigenvalue weighted by molar-refractivity contribution is -0.135. The van der Waals surface area contributed by atoms with Gasteiger partial charge in [0.1, 0.15) is 0 Å². The minimum absolute atomic E-state index is 0.0168. The number of fused-ring (bicyclic) bond motifs is 3. The maximum atomic E-state index is 12.5. The van der Waals surface area contributed by atoms with E-state index < -0.39 is 0 Å². The van der Waals surface area contributed by atoms with Gasteiger partial charge in [0.05, 0.1) is 28.0 Å². The van der Waals surface area contributed by atoms with Crippen LogP contribution in [0.2, 0.25) is 0 Å². The second-order valence-corrected chi connectivity index (χ2v) is 10.0. The Morgan fingerprint density at radius 1 is 1.21 bits per heavy atom. The number of piperidine rings is 1. The summed E-state index contributed by atoms with van der Waals surface area (Å²) in [6.45, 7) is 6.90. The van der Waals surface area contributed by atoms with Crippen LogP contribution in [-0.4, -0.2) is 49.6 Å². The summed E-state index contributed by atoms with van der Waals surface area (Å²) in [5.74, 6) is 0.118. The summed E-state index contributed by atoms with van der Waals surface area (Å²) in [7, 11) is 0. The van der Waals surface area contributed by atoms with Gasteiger partial charge < -0.3 is 10.2 Å². The molecular weight excluding hydrogens is 436 g/mol. The van der Waals surface area contributed by atoms with Crippen molar-refractivity contribution >= 4 is 28.3 Å². The Hall–Kier alpha value is -3.07. The highest BCUT2D eigenvalue weighted by molar-refractivity contribution is 7.19. The van der Waals surface area contributed by atoms with E-state index in [0.29, 0.717) is 5.13 Å². The molecule has 5 rings (SSSR count). The maximum absolute atomic E-state index is 12.5. The van der Waals surface area contributed by atoms with Gasteiger partial charge in [0, 0.05) is 49.5 Å². The van der Waals surface area contributed by atoms with E-state index in [0.717, 1.165) is 66.3 Å². The van der Waals surface area contributed by atoms with Crippen molar-refractivity contribution in [3.63, 3.8) is 0 Å². The van der Waals surface area contributed by atoms with Gasteiger partial charge in [0.15, 0.2) is 5.13 Å². The summed E-state index contributed by atoms with van der Waals surface area (Å²) >= 11 is 1.52. The van der Waals surface area contributed by atoms with Crippen LogP contribution in [-0.2, 0) is 22.4 Å². The van der Waals surface area contributed by atoms with Crippen LogP contribution in [0.4, 0.5) is 5.13 Å². The quantitative estimate of drug-likeness (QED) is 0.631. The number of carbonyl (C=O) groups excluding carboxylic acids is 2. The van der Waals surface area contributed by atoms with Gasteiger partial charge in [-0.15, -0.1) is 0 Å². The molecule has 2 amide bonds. The molecule has 0 saturated carbocycles. The summed E-state index contributed by atoms with van der Waals surface area (Å²) in [6.07, 6.45) is 7.04. The first-order valence-electron chi connectivity index (χ1n) is 11.5. The molecule has 9 heteroatoms. The van der Waals surface area contributed by atoms with Gasteiger partial charge in [-0.05, 0) is 37.8 Å². The number of hydrogen-bond acceptors (Lipinski definition) is 6. The highest BCUT2D eigenvalue weighted by Gasteiger charge is 2.33. The fraction of sp³-hybridized carbons (Fsp3) is 0.458. The number of rotatable bonds is 4. The average Bonchev–Trinajstić information content (AvgIpc) is 3.39. The lowest BCUT2D eigenvalue weighted by atomic mass is 9.95. The van der Waals surface area contributed by atoms with Gasteiger partial charge in [-0.1, -0.05) is 25.2 Å². The third-order valence-electron chi connectivity index (χ3n) is 6.37. The molecule has 4 heterocycles. The predicted molar refractivity (Wildman–Crippen MR) is 128 cm³/mol. The topological polar surface area (TPSA) is 93.0 Å². The zero-order chi connectivity index (χ0) is 23.1. The van der Waals surface area contributed by atoms with Crippen LogP contribution in [0.1, 0.15) is 50.9 Å². The van der Waals surface area contributed by atoms with Crippen LogP contribution in [0.3, 0.4) is 0 Å². The number of nitrogens with zero attached hydrogens (tertiary/aromatic N) is 5. The average molecular weight is 465 g/mol. The fourth-order valence-electron chi connectivity index (χ4n) is 4.80. The number of nitrogens with one attached hydrogen (secondary N) is 1. The fourth-order valence-corrected chi connectivity index (χ4v) is 5.92. The van der Waals surface area contributed by atoms with E-state index in [-0.39, 0.29) is 23.8 Å². The van der Waals surface area contributed by atoms with Crippen molar-refractivity contribution < 1.29 is 9.59 Å². The number of aromatic nitrogens is 4. The van der Waals surface area contributed by atoms with E-state index in [1.807, 2.05) is 31.0 Å². The van der Waals surface area contributed by atoms with Gasteiger partial charge in [0.2, 0.25) is 11.8 Å². The third-order valence-corrected chi connectivity index (χ3v) is 7.39. The van der Waals surface area contributed by atoms with E-state index in [4.69, 9.17) is 10.1 Å². The molecule has 3 aromatic heterocycles. The molecule has 3 aromatic rings. The van der Waals surface area contributed by atoms with Gasteiger partial charge in [-0.25, -0.2) is 4.98 Å². The molecule has 172 valence electrons. The molecular formula is C24H28N6O2S. The third kappa shape index (κ3) is 4.06. The van der Waals surface area contributed by atoms with Crippen LogP contribution in [0.15, 0.2) is 24.5 Å². The number of likely N-dealkylation sites (tertiary alicyclic amines) is 1. The number of aryl methyl sites for hydroxylation is 1. The van der Waals surface area contributed by atoms with Crippen LogP contribution in [0, 0.1) is 5.92 Å². The number of carbonyl (C=O) groups is 2. The summed E-state index contributed by atoms with van der Waals surface area (Å²) in [5, 5.41) is 8.60. The Balaban J connectivity index is 1.55. The molecule has 8 nitrogen and oxygen atoms in total. The van der Waals surface area contributed by atoms with Crippen LogP contribution >= 0.6 is 11.3 Å². The molecule has 1 saturated heterocycles. The molecule has 0 bridgehead atoms. The Kier molecular flexibility index (Phi) is 5.74. The van der Waals surface area contributed by atoms with Gasteiger partial charge in [-0.2, -0.15) is 5.10 Å². The lowest BCUT2D eigenvalue weighted by Crippen LogP contribution is -2.41. The molecule has 0 aromatic carbocycles. The van der Waals surface area contributed by atoms with Crippen molar-refractivity contribution in [2.75, 3.05) is 18.4 Å². The number of anilines is 1. The number of thiazole rings is 1. The summed E-state index contributed by atoms with van der Waals surface area (Å²) in [6, 6.07) is 4.19. The molecule has 1 fully saturated rings. The molecule has 0 unspecified atom stereocenters. The SMILES string of the molecule is CC(=O)Nc1nc2c(s1)-c1c(c(-c3cccnc3)nn1C1CCN(C(=O)C(C)C)CC1)CC2. The second kappa shape index (κ2) is 8.70. The molecule has 1 aliphatic carbocycles. The summed E-state index contributed by atoms with van der Waals surface area (Å²) in [5.41, 5.74) is 5.32. The van der Waals surface area contributed by atoms with E-state index in [1.165, 1.54) is 23.8 Å². The Morgan fingerprint density at radius 2 is 2.00 bits per heavy atom. The summed E-state index contributed by atoms with van der Waals surface area (Å²) < 4.78 is 2.17. The molecule has 2 aliphatic rings. The predicted octanol–water partition coefficient (Wildman–Crippen LogP) is 3.95. The van der Waals surface area contributed by atoms with Crippen LogP contribution in [0.25, 0.3) is 21.8 Å². The monoisotopic (exact) mass is 464 g/mol. The second-order valence-electron chi connectivity index (χ2n) is 9.05. The smallest absolute Gasteiger partial charge is 0.225 e. The van der Waals surface area contributed by atoms with Crippen molar-refractivity contribution in [2.45, 2.75) is 52.5 Å². The Bertz CT molecular complexity index is 1190. The Morgan fingerprint density at radius 3 is 2.67 bits per heavy atom. The number of amides is 2. The largest absolute Gasteiger partial charge is 0.342 e. The number of hydrogen-bond donors (Lipinski definition) is 1. The van der Waals surface area contributed by atoms with Crippen LogP contribution < -0.4 is 5.32 Å². The summed E-state index contributed by atoms with van der Waals surface area (Å²) in [4.78, 5) is 36.1. The van der Waals surface area contributed by atoms with Crippen molar-refractivity contribution in [3.8, 4) is 21.8 Å². The van der Waals surface area contributed by atoms with Crippen molar-refractivity contribution in [2.24, 2.45) is 5.92 Å². The zero-order valence-electron chi connectivity index (χ0n) is 19.2. The molecule has 1 aliphatic heterocycles. The maximum Gasteiger partial charge on any atom is 0.225 e. The van der Waals surface area contributed by atoms with E-state index >= 15 is 0 Å². The zero-order valence-corrected chi connectivity index (χ0v) is 20.0. The molecule has 0 atom stereocenters. The first-order chi connectivity index (χ1) is 15.9. The highest BCUT2D eigenvalue weighted by Crippen LogP contribution is 2.45. The first-order valence-corrected chi connectivity index (χ1v) is 12.3. The van der Waals surface area contributed by atoms with Crippen molar-refractivity contribution in [1.29, 1.82) is 0 Å². The number of pyridine rings is 1. The molecule has 33 heavy (non-hydrogen) atoms. The standard InChI is InChI=1S/C24H28N6O2S/c1-14(2)23(32)29-11-8-17(9-12-29)30-21-18(20(28-30)16-5-4-10-25-13-16)6-7-19-22(21)33-24(27-19)26-15(3)31/h4-5,10,13-14,17H,6-9,11-12H2,1-3H3,(H,26,27,31). The minimum Gasteiger partial charge on any atom is -0.342 e. The first kappa shape index (κ1) is 21.8. The van der Waals surface area contributed by atoms with Gasteiger partial charge >= 0.3 is 0 Å².